The number of aryl methyl sites for hydroxylation is 1. The first-order valence-electron chi connectivity index (χ1n) is 15.2. The van der Waals surface area contributed by atoms with E-state index < -0.39 is 0 Å². The molecule has 43 heavy (non-hydrogen) atoms. The fourth-order valence-electron chi connectivity index (χ4n) is 7.40. The fraction of sp³-hybridized carbons (Fsp3) is 0.0476. The molecule has 9 aromatic rings. The summed E-state index contributed by atoms with van der Waals surface area (Å²) in [4.78, 5) is 0. The van der Waals surface area contributed by atoms with Gasteiger partial charge in [-0.3, -0.25) is 0 Å². The first-order valence-corrected chi connectivity index (χ1v) is 15.2. The van der Waals surface area contributed by atoms with E-state index in [2.05, 4.69) is 157 Å². The van der Waals surface area contributed by atoms with Gasteiger partial charge >= 0.3 is 0 Å². The van der Waals surface area contributed by atoms with E-state index in [1.54, 1.807) is 0 Å². The number of fused-ring (bicyclic) bond motifs is 7. The highest BCUT2D eigenvalue weighted by Crippen LogP contribution is 2.42. The van der Waals surface area contributed by atoms with Gasteiger partial charge in [0.1, 0.15) is 0 Å². The van der Waals surface area contributed by atoms with E-state index in [1.165, 1.54) is 87.1 Å². The van der Waals surface area contributed by atoms with Crippen molar-refractivity contribution in [1.29, 1.82) is 0 Å². The third-order valence-electron chi connectivity index (χ3n) is 9.30. The Morgan fingerprint density at radius 1 is 0.372 bits per heavy atom. The molecule has 0 aliphatic heterocycles. The molecule has 1 heterocycles. The van der Waals surface area contributed by atoms with Crippen molar-refractivity contribution in [3.63, 3.8) is 0 Å². The first kappa shape index (κ1) is 24.2. The highest BCUT2D eigenvalue weighted by molar-refractivity contribution is 6.17. The van der Waals surface area contributed by atoms with Gasteiger partial charge in [-0.2, -0.15) is 0 Å². The molecule has 9 rings (SSSR count). The third-order valence-corrected chi connectivity index (χ3v) is 9.30. The summed E-state index contributed by atoms with van der Waals surface area (Å²) in [7, 11) is 0. The van der Waals surface area contributed by atoms with Crippen molar-refractivity contribution in [2.45, 2.75) is 13.5 Å². The van der Waals surface area contributed by atoms with Crippen LogP contribution in [0.15, 0.2) is 146 Å². The minimum Gasteiger partial charge on any atom is -0.341 e. The summed E-state index contributed by atoms with van der Waals surface area (Å²) >= 11 is 0. The van der Waals surface area contributed by atoms with E-state index in [9.17, 15) is 0 Å². The lowest BCUT2D eigenvalue weighted by Gasteiger charge is -2.13. The number of aromatic nitrogens is 1. The second kappa shape index (κ2) is 9.31. The maximum atomic E-state index is 2.50. The van der Waals surface area contributed by atoms with Crippen LogP contribution in [0.1, 0.15) is 6.92 Å². The van der Waals surface area contributed by atoms with Crippen molar-refractivity contribution in [3.05, 3.63) is 146 Å². The number of hydrogen-bond acceptors (Lipinski definition) is 0. The van der Waals surface area contributed by atoms with E-state index in [0.717, 1.165) is 6.54 Å². The van der Waals surface area contributed by atoms with Gasteiger partial charge in [0, 0.05) is 28.4 Å². The van der Waals surface area contributed by atoms with Gasteiger partial charge in [0.05, 0.1) is 0 Å². The van der Waals surface area contributed by atoms with Gasteiger partial charge < -0.3 is 4.57 Å². The van der Waals surface area contributed by atoms with Gasteiger partial charge in [0.15, 0.2) is 0 Å². The highest BCUT2D eigenvalue weighted by Gasteiger charge is 2.16. The molecule has 1 nitrogen and oxygen atoms in total. The Morgan fingerprint density at radius 2 is 0.721 bits per heavy atom. The Hall–Kier alpha value is -5.40. The topological polar surface area (TPSA) is 4.93 Å². The molecule has 0 N–H and O–H groups in total. The Kier molecular flexibility index (Phi) is 5.24. The van der Waals surface area contributed by atoms with Gasteiger partial charge in [0.25, 0.3) is 0 Å². The Bertz CT molecular complexity index is 2260. The van der Waals surface area contributed by atoms with Gasteiger partial charge in [0.2, 0.25) is 0 Å². The number of rotatable bonds is 3. The van der Waals surface area contributed by atoms with Crippen LogP contribution < -0.4 is 0 Å². The van der Waals surface area contributed by atoms with Gasteiger partial charge in [-0.1, -0.05) is 121 Å². The molecule has 0 spiro atoms. The second-order valence-corrected chi connectivity index (χ2v) is 11.6. The number of benzene rings is 8. The average Bonchev–Trinajstić information content (AvgIpc) is 3.38. The minimum atomic E-state index is 0.902. The molecule has 1 aromatic heterocycles. The molecule has 1 heteroatoms. The van der Waals surface area contributed by atoms with Crippen LogP contribution in [0.3, 0.4) is 0 Å². The third kappa shape index (κ3) is 3.58. The van der Waals surface area contributed by atoms with E-state index in [1.807, 2.05) is 0 Å². The summed E-state index contributed by atoms with van der Waals surface area (Å²) in [6.07, 6.45) is 0. The average molecular weight is 548 g/mol. The van der Waals surface area contributed by atoms with Crippen molar-refractivity contribution in [1.82, 2.24) is 4.57 Å². The van der Waals surface area contributed by atoms with E-state index >= 15 is 0 Å². The normalized spacial score (nSPS) is 11.9. The minimum absolute atomic E-state index is 0.902. The smallest absolute Gasteiger partial charge is 0.0497 e. The zero-order chi connectivity index (χ0) is 28.5. The standard InChI is InChI=1S/C42H29N/c1-2-43-39-25-31(41-33-15-7-3-11-27(33)23-28-12-4-8-16-34(28)41)19-21-37(39)38-22-20-32(26-40(38)43)42-35-17-9-5-13-29(35)24-30-14-6-10-18-36(30)42/h3-26H,2H2,1H3. The summed E-state index contributed by atoms with van der Waals surface area (Å²) in [5.74, 6) is 0. The van der Waals surface area contributed by atoms with Crippen molar-refractivity contribution in [2.75, 3.05) is 0 Å². The van der Waals surface area contributed by atoms with E-state index in [4.69, 9.17) is 0 Å². The molecule has 8 aromatic carbocycles. The lowest BCUT2D eigenvalue weighted by molar-refractivity contribution is 0.827. The van der Waals surface area contributed by atoms with Crippen LogP contribution in [0.5, 0.6) is 0 Å². The van der Waals surface area contributed by atoms with Crippen molar-refractivity contribution in [3.8, 4) is 22.3 Å². The SMILES string of the molecule is CCn1c2cc(-c3c4ccccc4cc4ccccc34)ccc2c2ccc(-c3c4ccccc4cc4ccccc34)cc21. The molecule has 0 atom stereocenters. The summed E-state index contributed by atoms with van der Waals surface area (Å²) in [6, 6.07) is 53.9. The summed E-state index contributed by atoms with van der Waals surface area (Å²) in [5, 5.41) is 12.9. The van der Waals surface area contributed by atoms with Crippen LogP contribution in [0.25, 0.3) is 87.1 Å². The lowest BCUT2D eigenvalue weighted by Crippen LogP contribution is -1.94. The molecule has 0 saturated heterocycles. The van der Waals surface area contributed by atoms with Crippen LogP contribution in [0.2, 0.25) is 0 Å². The molecule has 0 amide bonds. The van der Waals surface area contributed by atoms with Crippen molar-refractivity contribution < 1.29 is 0 Å². The number of hydrogen-bond donors (Lipinski definition) is 0. The molecule has 0 aliphatic carbocycles. The van der Waals surface area contributed by atoms with Gasteiger partial charge in [-0.05, 0) is 96.5 Å². The monoisotopic (exact) mass is 547 g/mol. The predicted octanol–water partition coefficient (Wildman–Crippen LogP) is 11.8. The van der Waals surface area contributed by atoms with Crippen LogP contribution in [0.4, 0.5) is 0 Å². The predicted molar refractivity (Wildman–Crippen MR) is 186 cm³/mol. The fourth-order valence-corrected chi connectivity index (χ4v) is 7.40. The molecule has 0 bridgehead atoms. The zero-order valence-electron chi connectivity index (χ0n) is 24.0. The zero-order valence-corrected chi connectivity index (χ0v) is 24.0. The van der Waals surface area contributed by atoms with Crippen LogP contribution in [0, 0.1) is 0 Å². The molecule has 0 radical (unpaired) electrons. The Labute approximate surface area is 250 Å². The van der Waals surface area contributed by atoms with Crippen LogP contribution in [-0.2, 0) is 6.54 Å². The quantitative estimate of drug-likeness (QED) is 0.194. The van der Waals surface area contributed by atoms with Crippen molar-refractivity contribution >= 4 is 64.9 Å². The van der Waals surface area contributed by atoms with Crippen LogP contribution in [-0.4, -0.2) is 4.57 Å². The largest absolute Gasteiger partial charge is 0.341 e. The molecule has 202 valence electrons. The molecule has 0 saturated carbocycles. The Balaban J connectivity index is 1.32. The van der Waals surface area contributed by atoms with Gasteiger partial charge in [-0.25, -0.2) is 0 Å². The van der Waals surface area contributed by atoms with E-state index in [0.29, 0.717) is 0 Å². The Morgan fingerprint density at radius 3 is 1.07 bits per heavy atom. The van der Waals surface area contributed by atoms with Gasteiger partial charge in [-0.15, -0.1) is 0 Å². The lowest BCUT2D eigenvalue weighted by atomic mass is 9.91. The number of nitrogens with zero attached hydrogens (tertiary/aromatic N) is 1. The maximum absolute atomic E-state index is 2.50. The molecule has 0 aliphatic rings. The van der Waals surface area contributed by atoms with Crippen LogP contribution >= 0.6 is 0 Å². The molecule has 0 fully saturated rings. The highest BCUT2D eigenvalue weighted by atomic mass is 15.0. The molecule has 0 unspecified atom stereocenters. The maximum Gasteiger partial charge on any atom is 0.0497 e. The molecular formula is C42H29N. The summed E-state index contributed by atoms with van der Waals surface area (Å²) < 4.78 is 2.50. The second-order valence-electron chi connectivity index (χ2n) is 11.6. The first-order chi connectivity index (χ1) is 21.3. The van der Waals surface area contributed by atoms with Crippen molar-refractivity contribution in [2.24, 2.45) is 0 Å². The van der Waals surface area contributed by atoms with E-state index in [-0.39, 0.29) is 0 Å². The molecular weight excluding hydrogens is 518 g/mol. The summed E-state index contributed by atoms with van der Waals surface area (Å²) in [6.45, 7) is 3.17. The summed E-state index contributed by atoms with van der Waals surface area (Å²) in [5.41, 5.74) is 7.72.